The van der Waals surface area contributed by atoms with Gasteiger partial charge in [0.25, 0.3) is 0 Å². The van der Waals surface area contributed by atoms with E-state index in [0.717, 1.165) is 0 Å². The number of carbonyl (C=O) groups is 1. The molecule has 76 valence electrons. The Kier molecular flexibility index (Phi) is 2.65. The van der Waals surface area contributed by atoms with Gasteiger partial charge in [-0.25, -0.2) is 4.79 Å². The molecule has 1 aromatic carbocycles. The summed E-state index contributed by atoms with van der Waals surface area (Å²) in [6.45, 7) is 3.74. The Hall–Kier alpha value is -1.71. The van der Waals surface area contributed by atoms with Crippen molar-refractivity contribution in [2.45, 2.75) is 19.8 Å². The highest BCUT2D eigenvalue weighted by Crippen LogP contribution is 2.32. The van der Waals surface area contributed by atoms with Gasteiger partial charge in [0.1, 0.15) is 5.56 Å². The highest BCUT2D eigenvalue weighted by molar-refractivity contribution is 5.92. The zero-order valence-electron chi connectivity index (χ0n) is 7.98. The van der Waals surface area contributed by atoms with Gasteiger partial charge in [-0.2, -0.15) is 0 Å². The van der Waals surface area contributed by atoms with E-state index in [-0.39, 0.29) is 11.5 Å². The maximum atomic E-state index is 10.7. The van der Waals surface area contributed by atoms with Crippen molar-refractivity contribution >= 4 is 5.97 Å². The second kappa shape index (κ2) is 3.57. The summed E-state index contributed by atoms with van der Waals surface area (Å²) in [6.07, 6.45) is 0. The van der Waals surface area contributed by atoms with Crippen molar-refractivity contribution in [3.05, 3.63) is 23.3 Å². The first kappa shape index (κ1) is 10.4. The third-order valence-electron chi connectivity index (χ3n) is 2.01. The molecule has 0 fully saturated rings. The number of hydrogen-bond acceptors (Lipinski definition) is 3. The van der Waals surface area contributed by atoms with Crippen molar-refractivity contribution in [2.75, 3.05) is 0 Å². The van der Waals surface area contributed by atoms with Crippen LogP contribution in [0.25, 0.3) is 0 Å². The molecule has 0 bridgehead atoms. The Balaban J connectivity index is 3.35. The normalized spacial score (nSPS) is 10.5. The van der Waals surface area contributed by atoms with Crippen LogP contribution in [0.1, 0.15) is 35.7 Å². The van der Waals surface area contributed by atoms with Gasteiger partial charge in [-0.05, 0) is 23.6 Å². The molecular weight excluding hydrogens is 184 g/mol. The zero-order chi connectivity index (χ0) is 10.9. The number of rotatable bonds is 2. The maximum Gasteiger partial charge on any atom is 0.339 e. The first-order valence-electron chi connectivity index (χ1n) is 4.22. The minimum Gasteiger partial charge on any atom is -0.504 e. The fourth-order valence-corrected chi connectivity index (χ4v) is 1.14. The van der Waals surface area contributed by atoms with E-state index < -0.39 is 17.5 Å². The van der Waals surface area contributed by atoms with Crippen LogP contribution in [0.15, 0.2) is 12.1 Å². The Morgan fingerprint density at radius 3 is 2.29 bits per heavy atom. The van der Waals surface area contributed by atoms with Crippen molar-refractivity contribution in [3.8, 4) is 11.5 Å². The average Bonchev–Trinajstić information content (AvgIpc) is 2.08. The van der Waals surface area contributed by atoms with Gasteiger partial charge in [-0.1, -0.05) is 13.8 Å². The van der Waals surface area contributed by atoms with Crippen molar-refractivity contribution in [2.24, 2.45) is 0 Å². The third-order valence-corrected chi connectivity index (χ3v) is 2.01. The topological polar surface area (TPSA) is 77.8 Å². The Morgan fingerprint density at radius 2 is 1.86 bits per heavy atom. The molecule has 0 saturated carbocycles. The van der Waals surface area contributed by atoms with Gasteiger partial charge in [0, 0.05) is 0 Å². The van der Waals surface area contributed by atoms with E-state index in [4.69, 9.17) is 5.11 Å². The van der Waals surface area contributed by atoms with E-state index in [0.29, 0.717) is 5.56 Å². The van der Waals surface area contributed by atoms with Crippen molar-refractivity contribution in [1.82, 2.24) is 0 Å². The number of carboxylic acid groups (broad SMARTS) is 1. The smallest absolute Gasteiger partial charge is 0.339 e. The molecule has 0 amide bonds. The molecule has 0 aliphatic carbocycles. The second-order valence-corrected chi connectivity index (χ2v) is 3.40. The van der Waals surface area contributed by atoms with Crippen molar-refractivity contribution in [1.29, 1.82) is 0 Å². The summed E-state index contributed by atoms with van der Waals surface area (Å²) in [5.74, 6) is -2.13. The Morgan fingerprint density at radius 1 is 1.29 bits per heavy atom. The third kappa shape index (κ3) is 1.79. The number of aromatic carboxylic acids is 1. The minimum absolute atomic E-state index is 0.0969. The molecule has 0 unspecified atom stereocenters. The number of hydrogen-bond donors (Lipinski definition) is 3. The highest BCUT2D eigenvalue weighted by atomic mass is 16.4. The molecule has 4 heteroatoms. The van der Waals surface area contributed by atoms with E-state index in [1.807, 2.05) is 13.8 Å². The van der Waals surface area contributed by atoms with Crippen LogP contribution in [0.3, 0.4) is 0 Å². The van der Waals surface area contributed by atoms with Crippen LogP contribution in [0.4, 0.5) is 0 Å². The van der Waals surface area contributed by atoms with E-state index >= 15 is 0 Å². The van der Waals surface area contributed by atoms with Crippen molar-refractivity contribution < 1.29 is 20.1 Å². The van der Waals surface area contributed by atoms with Crippen LogP contribution in [0.5, 0.6) is 11.5 Å². The summed E-state index contributed by atoms with van der Waals surface area (Å²) in [6, 6.07) is 2.73. The number of carboxylic acids is 1. The van der Waals surface area contributed by atoms with Gasteiger partial charge in [0.05, 0.1) is 0 Å². The summed E-state index contributed by atoms with van der Waals surface area (Å²) in [4.78, 5) is 10.7. The fourth-order valence-electron chi connectivity index (χ4n) is 1.14. The zero-order valence-corrected chi connectivity index (χ0v) is 7.98. The average molecular weight is 196 g/mol. The van der Waals surface area contributed by atoms with Crippen LogP contribution in [-0.2, 0) is 0 Å². The predicted octanol–water partition coefficient (Wildman–Crippen LogP) is 1.92. The number of phenolic OH excluding ortho intramolecular Hbond substituents is 1. The number of aromatic hydroxyl groups is 2. The number of phenols is 2. The molecule has 0 heterocycles. The van der Waals surface area contributed by atoms with Crippen LogP contribution in [0, 0.1) is 0 Å². The van der Waals surface area contributed by atoms with Gasteiger partial charge < -0.3 is 15.3 Å². The molecule has 0 aliphatic rings. The summed E-state index contributed by atoms with van der Waals surface area (Å²) in [7, 11) is 0. The first-order valence-corrected chi connectivity index (χ1v) is 4.22. The molecule has 4 nitrogen and oxygen atoms in total. The number of benzene rings is 1. The van der Waals surface area contributed by atoms with Gasteiger partial charge >= 0.3 is 5.97 Å². The predicted molar refractivity (Wildman–Crippen MR) is 50.8 cm³/mol. The fraction of sp³-hybridized carbons (Fsp3) is 0.300. The van der Waals surface area contributed by atoms with Gasteiger partial charge in [-0.15, -0.1) is 0 Å². The van der Waals surface area contributed by atoms with Crippen molar-refractivity contribution in [3.63, 3.8) is 0 Å². The van der Waals surface area contributed by atoms with Crippen LogP contribution >= 0.6 is 0 Å². The van der Waals surface area contributed by atoms with E-state index in [2.05, 4.69) is 0 Å². The SMILES string of the molecule is CC(C)c1cc(O)c(O)c(C(=O)O)c1. The molecule has 14 heavy (non-hydrogen) atoms. The molecule has 0 radical (unpaired) electrons. The van der Waals surface area contributed by atoms with Crippen LogP contribution in [-0.4, -0.2) is 21.3 Å². The molecule has 0 saturated heterocycles. The van der Waals surface area contributed by atoms with Crippen LogP contribution in [0.2, 0.25) is 0 Å². The standard InChI is InChI=1S/C10H12O4/c1-5(2)6-3-7(10(13)14)9(12)8(11)4-6/h3-5,11-12H,1-2H3,(H,13,14). The minimum atomic E-state index is -1.25. The lowest BCUT2D eigenvalue weighted by molar-refractivity contribution is 0.0693. The molecule has 1 aromatic rings. The summed E-state index contributed by atoms with van der Waals surface area (Å²) in [5, 5.41) is 27.2. The molecule has 0 aromatic heterocycles. The van der Waals surface area contributed by atoms with Crippen LogP contribution < -0.4 is 0 Å². The quantitative estimate of drug-likeness (QED) is 0.631. The Bertz CT molecular complexity index is 369. The molecule has 0 aliphatic heterocycles. The molecule has 3 N–H and O–H groups in total. The van der Waals surface area contributed by atoms with E-state index in [9.17, 15) is 15.0 Å². The first-order chi connectivity index (χ1) is 6.43. The summed E-state index contributed by atoms with van der Waals surface area (Å²) < 4.78 is 0. The van der Waals surface area contributed by atoms with Gasteiger partial charge in [0.2, 0.25) is 0 Å². The van der Waals surface area contributed by atoms with Gasteiger partial charge in [-0.3, -0.25) is 0 Å². The Labute approximate surface area is 81.4 Å². The maximum absolute atomic E-state index is 10.7. The lowest BCUT2D eigenvalue weighted by atomic mass is 9.99. The molecule has 1 rings (SSSR count). The largest absolute Gasteiger partial charge is 0.504 e. The molecule has 0 atom stereocenters. The molecule has 0 spiro atoms. The lowest BCUT2D eigenvalue weighted by Crippen LogP contribution is -1.99. The highest BCUT2D eigenvalue weighted by Gasteiger charge is 2.15. The van der Waals surface area contributed by atoms with E-state index in [1.54, 1.807) is 0 Å². The lowest BCUT2D eigenvalue weighted by Gasteiger charge is -2.09. The second-order valence-electron chi connectivity index (χ2n) is 3.40. The molecular formula is C10H12O4. The summed E-state index contributed by atoms with van der Waals surface area (Å²) in [5.41, 5.74) is 0.409. The monoisotopic (exact) mass is 196 g/mol. The van der Waals surface area contributed by atoms with E-state index in [1.165, 1.54) is 12.1 Å². The summed E-state index contributed by atoms with van der Waals surface area (Å²) >= 11 is 0. The van der Waals surface area contributed by atoms with Gasteiger partial charge in [0.15, 0.2) is 11.5 Å².